The summed E-state index contributed by atoms with van der Waals surface area (Å²) >= 11 is 0. The van der Waals surface area contributed by atoms with Crippen molar-refractivity contribution in [1.29, 1.82) is 0 Å². The van der Waals surface area contributed by atoms with Crippen LogP contribution in [0.3, 0.4) is 0 Å². The molecule has 76 valence electrons. The van der Waals surface area contributed by atoms with Crippen LogP contribution in [0.1, 0.15) is 33.0 Å². The first-order valence-corrected chi connectivity index (χ1v) is 4.97. The van der Waals surface area contributed by atoms with Crippen LogP contribution in [0.25, 0.3) is 6.08 Å². The van der Waals surface area contributed by atoms with Gasteiger partial charge in [-0.1, -0.05) is 13.8 Å². The maximum atomic E-state index is 6.27. The lowest BCUT2D eigenvalue weighted by atomic mass is 9.97. The van der Waals surface area contributed by atoms with Gasteiger partial charge in [0.2, 0.25) is 0 Å². The zero-order chi connectivity index (χ0) is 10.4. The van der Waals surface area contributed by atoms with Gasteiger partial charge >= 0.3 is 0 Å². The molecule has 2 nitrogen and oxygen atoms in total. The highest BCUT2D eigenvalue weighted by atomic mass is 16.3. The third-order valence-electron chi connectivity index (χ3n) is 3.41. The number of hydrogen-bond acceptors (Lipinski definition) is 2. The van der Waals surface area contributed by atoms with Crippen molar-refractivity contribution in [3.8, 4) is 0 Å². The normalized spacial score (nSPS) is 30.4. The SMILES string of the molecule is C/C(=C/c1ccco1)C1(N)CC1(C)C. The molecule has 1 aromatic rings. The molecule has 0 amide bonds. The minimum Gasteiger partial charge on any atom is -0.465 e. The topological polar surface area (TPSA) is 39.2 Å². The Balaban J connectivity index is 2.22. The number of hydrogen-bond donors (Lipinski definition) is 1. The Kier molecular flexibility index (Phi) is 1.86. The number of nitrogens with two attached hydrogens (primary N) is 1. The van der Waals surface area contributed by atoms with Crippen LogP contribution < -0.4 is 5.73 Å². The summed E-state index contributed by atoms with van der Waals surface area (Å²) in [5.74, 6) is 0.884. The molecule has 1 heterocycles. The maximum absolute atomic E-state index is 6.27. The molecule has 1 unspecified atom stereocenters. The maximum Gasteiger partial charge on any atom is 0.126 e. The summed E-state index contributed by atoms with van der Waals surface area (Å²) in [6, 6.07) is 3.84. The molecule has 0 aliphatic heterocycles. The van der Waals surface area contributed by atoms with Crippen molar-refractivity contribution >= 4 is 6.08 Å². The van der Waals surface area contributed by atoms with Gasteiger partial charge in [-0.2, -0.15) is 0 Å². The summed E-state index contributed by atoms with van der Waals surface area (Å²) < 4.78 is 5.26. The summed E-state index contributed by atoms with van der Waals surface area (Å²) in [5.41, 5.74) is 7.59. The van der Waals surface area contributed by atoms with E-state index in [1.807, 2.05) is 18.2 Å². The highest BCUT2D eigenvalue weighted by Gasteiger charge is 2.59. The van der Waals surface area contributed by atoms with Crippen LogP contribution in [0.5, 0.6) is 0 Å². The predicted octanol–water partition coefficient (Wildman–Crippen LogP) is 2.81. The molecule has 1 saturated carbocycles. The molecular weight excluding hydrogens is 174 g/mol. The zero-order valence-corrected chi connectivity index (χ0v) is 9.00. The van der Waals surface area contributed by atoms with E-state index in [4.69, 9.17) is 10.2 Å². The Morgan fingerprint density at radius 1 is 1.57 bits per heavy atom. The molecule has 1 aliphatic carbocycles. The van der Waals surface area contributed by atoms with Gasteiger partial charge in [-0.3, -0.25) is 0 Å². The Morgan fingerprint density at radius 3 is 2.64 bits per heavy atom. The minimum absolute atomic E-state index is 0.125. The van der Waals surface area contributed by atoms with Crippen LogP contribution in [-0.2, 0) is 0 Å². The van der Waals surface area contributed by atoms with Gasteiger partial charge in [-0.15, -0.1) is 0 Å². The van der Waals surface area contributed by atoms with Gasteiger partial charge in [0.15, 0.2) is 0 Å². The van der Waals surface area contributed by atoms with E-state index in [1.54, 1.807) is 6.26 Å². The van der Waals surface area contributed by atoms with Gasteiger partial charge in [0, 0.05) is 5.54 Å². The molecule has 2 heteroatoms. The molecule has 1 aromatic heterocycles. The standard InChI is InChI=1S/C12H17NO/c1-9(7-10-5-4-6-14-10)12(13)8-11(12,2)3/h4-7H,8,13H2,1-3H3/b9-7-. The van der Waals surface area contributed by atoms with Crippen molar-refractivity contribution in [3.63, 3.8) is 0 Å². The quantitative estimate of drug-likeness (QED) is 0.780. The first-order valence-electron chi connectivity index (χ1n) is 4.97. The fourth-order valence-corrected chi connectivity index (χ4v) is 2.04. The van der Waals surface area contributed by atoms with Gasteiger partial charge in [0.05, 0.1) is 6.26 Å². The second kappa shape index (κ2) is 2.74. The molecular formula is C12H17NO. The van der Waals surface area contributed by atoms with Crippen molar-refractivity contribution < 1.29 is 4.42 Å². The van der Waals surface area contributed by atoms with Crippen LogP contribution in [-0.4, -0.2) is 5.54 Å². The largest absolute Gasteiger partial charge is 0.465 e. The van der Waals surface area contributed by atoms with Crippen molar-refractivity contribution in [3.05, 3.63) is 29.7 Å². The van der Waals surface area contributed by atoms with Gasteiger partial charge < -0.3 is 10.2 Å². The zero-order valence-electron chi connectivity index (χ0n) is 9.00. The molecule has 0 spiro atoms. The average molecular weight is 191 g/mol. The van der Waals surface area contributed by atoms with E-state index in [1.165, 1.54) is 5.57 Å². The third kappa shape index (κ3) is 1.30. The second-order valence-corrected chi connectivity index (χ2v) is 4.87. The lowest BCUT2D eigenvalue weighted by Gasteiger charge is -2.15. The molecule has 1 fully saturated rings. The fourth-order valence-electron chi connectivity index (χ4n) is 2.04. The summed E-state index contributed by atoms with van der Waals surface area (Å²) in [4.78, 5) is 0. The lowest BCUT2D eigenvalue weighted by molar-refractivity contribution is 0.537. The van der Waals surface area contributed by atoms with Crippen LogP contribution in [0.15, 0.2) is 28.4 Å². The second-order valence-electron chi connectivity index (χ2n) is 4.87. The van der Waals surface area contributed by atoms with E-state index >= 15 is 0 Å². The molecule has 1 atom stereocenters. The van der Waals surface area contributed by atoms with E-state index in [0.29, 0.717) is 0 Å². The van der Waals surface area contributed by atoms with Gasteiger partial charge in [-0.25, -0.2) is 0 Å². The molecule has 0 bridgehead atoms. The summed E-state index contributed by atoms with van der Waals surface area (Å²) in [5, 5.41) is 0. The van der Waals surface area contributed by atoms with Crippen molar-refractivity contribution in [2.24, 2.45) is 11.1 Å². The smallest absolute Gasteiger partial charge is 0.126 e. The van der Waals surface area contributed by atoms with Crippen LogP contribution >= 0.6 is 0 Å². The number of rotatable bonds is 2. The van der Waals surface area contributed by atoms with Crippen molar-refractivity contribution in [2.75, 3.05) is 0 Å². The molecule has 2 rings (SSSR count). The monoisotopic (exact) mass is 191 g/mol. The van der Waals surface area contributed by atoms with E-state index in [9.17, 15) is 0 Å². The summed E-state index contributed by atoms with van der Waals surface area (Å²) in [6.07, 6.45) is 4.78. The highest BCUT2D eigenvalue weighted by molar-refractivity contribution is 5.53. The first kappa shape index (κ1) is 9.53. The van der Waals surface area contributed by atoms with Gasteiger partial charge in [0.1, 0.15) is 5.76 Å². The molecule has 1 aliphatic rings. The molecule has 0 radical (unpaired) electrons. The number of furan rings is 1. The van der Waals surface area contributed by atoms with Gasteiger partial charge in [0.25, 0.3) is 0 Å². The summed E-state index contributed by atoms with van der Waals surface area (Å²) in [7, 11) is 0. The van der Waals surface area contributed by atoms with E-state index in [-0.39, 0.29) is 11.0 Å². The fraction of sp³-hybridized carbons (Fsp3) is 0.500. The molecule has 2 N–H and O–H groups in total. The molecule has 14 heavy (non-hydrogen) atoms. The highest BCUT2D eigenvalue weighted by Crippen LogP contribution is 2.57. The van der Waals surface area contributed by atoms with Crippen LogP contribution in [0, 0.1) is 5.41 Å². The van der Waals surface area contributed by atoms with E-state index in [0.717, 1.165) is 12.2 Å². The Hall–Kier alpha value is -1.02. The third-order valence-corrected chi connectivity index (χ3v) is 3.41. The van der Waals surface area contributed by atoms with Crippen molar-refractivity contribution in [2.45, 2.75) is 32.7 Å². The predicted molar refractivity (Wildman–Crippen MR) is 57.7 cm³/mol. The van der Waals surface area contributed by atoms with Crippen LogP contribution in [0.4, 0.5) is 0 Å². The first-order chi connectivity index (χ1) is 6.46. The van der Waals surface area contributed by atoms with Crippen molar-refractivity contribution in [1.82, 2.24) is 0 Å². The Labute approximate surface area is 84.8 Å². The lowest BCUT2D eigenvalue weighted by Crippen LogP contribution is -2.29. The molecule has 0 aromatic carbocycles. The van der Waals surface area contributed by atoms with Gasteiger partial charge in [-0.05, 0) is 42.5 Å². The molecule has 0 saturated heterocycles. The van der Waals surface area contributed by atoms with E-state index < -0.39 is 0 Å². The summed E-state index contributed by atoms with van der Waals surface area (Å²) in [6.45, 7) is 6.48. The Morgan fingerprint density at radius 2 is 2.21 bits per heavy atom. The van der Waals surface area contributed by atoms with E-state index in [2.05, 4.69) is 20.8 Å². The average Bonchev–Trinajstić information content (AvgIpc) is 2.54. The Bertz CT molecular complexity index is 362. The minimum atomic E-state index is -0.125. The van der Waals surface area contributed by atoms with Crippen LogP contribution in [0.2, 0.25) is 0 Å².